The highest BCUT2D eigenvalue weighted by Crippen LogP contribution is 2.02. The van der Waals surface area contributed by atoms with Crippen LogP contribution in [0.2, 0.25) is 0 Å². The molecule has 0 aromatic carbocycles. The third-order valence-corrected chi connectivity index (χ3v) is 3.03. The van der Waals surface area contributed by atoms with E-state index in [1.165, 1.54) is 6.07 Å². The maximum atomic E-state index is 11.9. The molecular formula is C14H13N5O2. The maximum Gasteiger partial charge on any atom is 0.267 e. The van der Waals surface area contributed by atoms with Crippen LogP contribution in [-0.4, -0.2) is 32.0 Å². The van der Waals surface area contributed by atoms with Gasteiger partial charge in [-0.25, -0.2) is 0 Å². The molecule has 0 aliphatic rings. The summed E-state index contributed by atoms with van der Waals surface area (Å²) in [5.74, 6) is 0.453. The number of aromatic amines is 1. The Hall–Kier alpha value is -2.96. The molecule has 3 rings (SSSR count). The Kier molecular flexibility index (Phi) is 3.46. The molecule has 3 aromatic rings. The zero-order valence-electron chi connectivity index (χ0n) is 11.1. The molecule has 2 N–H and O–H groups in total. The maximum absolute atomic E-state index is 11.9. The average Bonchev–Trinajstić information content (AvgIpc) is 2.91. The third-order valence-electron chi connectivity index (χ3n) is 3.03. The molecule has 21 heavy (non-hydrogen) atoms. The van der Waals surface area contributed by atoms with E-state index in [0.29, 0.717) is 13.0 Å². The third kappa shape index (κ3) is 2.81. The lowest BCUT2D eigenvalue weighted by Crippen LogP contribution is -2.28. The molecule has 0 aliphatic carbocycles. The van der Waals surface area contributed by atoms with Gasteiger partial charge in [0.05, 0.1) is 0 Å². The number of hydrogen-bond donors (Lipinski definition) is 2. The Morgan fingerprint density at radius 1 is 1.19 bits per heavy atom. The lowest BCUT2D eigenvalue weighted by Gasteiger charge is -2.04. The summed E-state index contributed by atoms with van der Waals surface area (Å²) in [6, 6.07) is 10.1. The quantitative estimate of drug-likeness (QED) is 0.724. The Morgan fingerprint density at radius 2 is 2.10 bits per heavy atom. The fourth-order valence-corrected chi connectivity index (χ4v) is 2.02. The van der Waals surface area contributed by atoms with Crippen molar-refractivity contribution in [2.45, 2.75) is 6.42 Å². The van der Waals surface area contributed by atoms with Crippen molar-refractivity contribution in [2.24, 2.45) is 0 Å². The van der Waals surface area contributed by atoms with Gasteiger partial charge in [-0.3, -0.25) is 14.0 Å². The predicted molar refractivity (Wildman–Crippen MR) is 76.1 cm³/mol. The highest BCUT2D eigenvalue weighted by Gasteiger charge is 2.07. The number of amides is 1. The lowest BCUT2D eigenvalue weighted by molar-refractivity contribution is 0.0948. The summed E-state index contributed by atoms with van der Waals surface area (Å²) in [5.41, 5.74) is 0.714. The van der Waals surface area contributed by atoms with E-state index in [4.69, 9.17) is 0 Å². The molecule has 3 aromatic heterocycles. The first kappa shape index (κ1) is 13.0. The van der Waals surface area contributed by atoms with Gasteiger partial charge in [0.2, 0.25) is 5.56 Å². The van der Waals surface area contributed by atoms with Crippen LogP contribution in [0.4, 0.5) is 0 Å². The van der Waals surface area contributed by atoms with Gasteiger partial charge in [-0.05, 0) is 18.2 Å². The van der Waals surface area contributed by atoms with E-state index in [9.17, 15) is 9.59 Å². The minimum absolute atomic E-state index is 0.244. The van der Waals surface area contributed by atoms with E-state index < -0.39 is 0 Å². The van der Waals surface area contributed by atoms with Crippen LogP contribution < -0.4 is 10.9 Å². The van der Waals surface area contributed by atoms with Gasteiger partial charge in [0, 0.05) is 25.2 Å². The molecule has 0 aliphatic heterocycles. The summed E-state index contributed by atoms with van der Waals surface area (Å²) in [7, 11) is 0. The van der Waals surface area contributed by atoms with Crippen molar-refractivity contribution in [1.29, 1.82) is 0 Å². The van der Waals surface area contributed by atoms with Gasteiger partial charge in [0.15, 0.2) is 5.65 Å². The van der Waals surface area contributed by atoms with Crippen LogP contribution in [0.3, 0.4) is 0 Å². The van der Waals surface area contributed by atoms with Crippen molar-refractivity contribution < 1.29 is 4.79 Å². The van der Waals surface area contributed by atoms with Gasteiger partial charge in [0.25, 0.3) is 5.91 Å². The van der Waals surface area contributed by atoms with Crippen molar-refractivity contribution in [3.63, 3.8) is 0 Å². The van der Waals surface area contributed by atoms with Gasteiger partial charge in [-0.15, -0.1) is 10.2 Å². The normalized spacial score (nSPS) is 10.7. The first-order chi connectivity index (χ1) is 10.2. The first-order valence-corrected chi connectivity index (χ1v) is 6.50. The first-order valence-electron chi connectivity index (χ1n) is 6.50. The molecule has 0 spiro atoms. The fourth-order valence-electron chi connectivity index (χ4n) is 2.02. The number of aromatic nitrogens is 4. The number of fused-ring (bicyclic) bond motifs is 1. The zero-order chi connectivity index (χ0) is 14.7. The van der Waals surface area contributed by atoms with Gasteiger partial charge < -0.3 is 10.3 Å². The van der Waals surface area contributed by atoms with Gasteiger partial charge in [0.1, 0.15) is 11.5 Å². The second-order valence-electron chi connectivity index (χ2n) is 4.48. The van der Waals surface area contributed by atoms with Crippen molar-refractivity contribution in [3.05, 3.63) is 64.5 Å². The van der Waals surface area contributed by atoms with Crippen LogP contribution in [0.25, 0.3) is 5.65 Å². The predicted octanol–water partition coefficient (Wildman–Crippen LogP) is 0.390. The second-order valence-corrected chi connectivity index (χ2v) is 4.48. The van der Waals surface area contributed by atoms with E-state index >= 15 is 0 Å². The molecule has 106 valence electrons. The molecule has 7 heteroatoms. The number of carbonyl (C=O) groups is 1. The van der Waals surface area contributed by atoms with Crippen LogP contribution in [0.15, 0.2) is 47.4 Å². The van der Waals surface area contributed by atoms with Crippen LogP contribution >= 0.6 is 0 Å². The fraction of sp³-hybridized carbons (Fsp3) is 0.143. The van der Waals surface area contributed by atoms with Crippen molar-refractivity contribution >= 4 is 11.6 Å². The number of nitrogens with zero attached hydrogens (tertiary/aromatic N) is 3. The molecule has 0 saturated carbocycles. The van der Waals surface area contributed by atoms with Crippen molar-refractivity contribution in [3.8, 4) is 0 Å². The summed E-state index contributed by atoms with van der Waals surface area (Å²) in [6.07, 6.45) is 2.43. The molecule has 0 unspecified atom stereocenters. The molecule has 1 amide bonds. The number of nitrogens with one attached hydrogen (secondary N) is 2. The number of rotatable bonds is 4. The van der Waals surface area contributed by atoms with E-state index in [1.54, 1.807) is 12.1 Å². The Morgan fingerprint density at radius 3 is 2.95 bits per heavy atom. The largest absolute Gasteiger partial charge is 0.350 e. The molecule has 0 bridgehead atoms. The van der Waals surface area contributed by atoms with Crippen LogP contribution in [-0.2, 0) is 6.42 Å². The van der Waals surface area contributed by atoms with Crippen molar-refractivity contribution in [2.75, 3.05) is 6.54 Å². The SMILES string of the molecule is O=C(NCCc1nnc2ccccn12)c1cccc(=O)[nH]1. The molecular weight excluding hydrogens is 270 g/mol. The molecule has 0 fully saturated rings. The van der Waals surface area contributed by atoms with Gasteiger partial charge in [-0.2, -0.15) is 0 Å². The minimum atomic E-state index is -0.318. The summed E-state index contributed by atoms with van der Waals surface area (Å²) < 4.78 is 1.87. The van der Waals surface area contributed by atoms with Crippen LogP contribution in [0.5, 0.6) is 0 Å². The second kappa shape index (κ2) is 5.58. The van der Waals surface area contributed by atoms with Crippen molar-refractivity contribution in [1.82, 2.24) is 24.9 Å². The smallest absolute Gasteiger partial charge is 0.267 e. The highest BCUT2D eigenvalue weighted by molar-refractivity contribution is 5.92. The lowest BCUT2D eigenvalue weighted by atomic mass is 10.3. The van der Waals surface area contributed by atoms with Gasteiger partial charge >= 0.3 is 0 Å². The Bertz CT molecular complexity index is 836. The molecule has 0 radical (unpaired) electrons. The summed E-state index contributed by atoms with van der Waals surface area (Å²) >= 11 is 0. The Balaban J connectivity index is 1.64. The summed E-state index contributed by atoms with van der Waals surface area (Å²) in [4.78, 5) is 25.5. The average molecular weight is 283 g/mol. The molecule has 0 saturated heterocycles. The Labute approximate surface area is 119 Å². The number of carbonyl (C=O) groups excluding carboxylic acids is 1. The van der Waals surface area contributed by atoms with Gasteiger partial charge in [-0.1, -0.05) is 12.1 Å². The molecule has 3 heterocycles. The summed E-state index contributed by atoms with van der Waals surface area (Å²) in [6.45, 7) is 0.408. The summed E-state index contributed by atoms with van der Waals surface area (Å²) in [5, 5.41) is 10.9. The van der Waals surface area contributed by atoms with E-state index in [1.807, 2.05) is 28.8 Å². The van der Waals surface area contributed by atoms with E-state index in [0.717, 1.165) is 11.5 Å². The minimum Gasteiger partial charge on any atom is -0.350 e. The topological polar surface area (TPSA) is 92.2 Å². The monoisotopic (exact) mass is 283 g/mol. The number of hydrogen-bond acceptors (Lipinski definition) is 4. The zero-order valence-corrected chi connectivity index (χ0v) is 11.1. The van der Waals surface area contributed by atoms with E-state index in [-0.39, 0.29) is 17.2 Å². The van der Waals surface area contributed by atoms with Crippen LogP contribution in [0.1, 0.15) is 16.3 Å². The number of pyridine rings is 2. The molecule has 0 atom stereocenters. The molecule has 7 nitrogen and oxygen atoms in total. The van der Waals surface area contributed by atoms with E-state index in [2.05, 4.69) is 20.5 Å². The number of H-pyrrole nitrogens is 1. The standard InChI is InChI=1S/C14H13N5O2/c20-13-6-3-4-10(16-13)14(21)15-8-7-12-18-17-11-5-1-2-9-19(11)12/h1-6,9H,7-8H2,(H,15,21)(H,16,20). The van der Waals surface area contributed by atoms with Crippen LogP contribution in [0, 0.1) is 0 Å². The highest BCUT2D eigenvalue weighted by atomic mass is 16.2.